The fourth-order valence-electron chi connectivity index (χ4n) is 2.47. The van der Waals surface area contributed by atoms with Crippen LogP contribution in [0.2, 0.25) is 0 Å². The highest BCUT2D eigenvalue weighted by atomic mass is 16.5. The molecular formula is C16H16N4O2. The average molecular weight is 296 g/mol. The van der Waals surface area contributed by atoms with Crippen molar-refractivity contribution in [3.8, 4) is 0 Å². The molecule has 112 valence electrons. The number of aromatic nitrogens is 4. The summed E-state index contributed by atoms with van der Waals surface area (Å²) < 4.78 is 7.12. The van der Waals surface area contributed by atoms with Crippen LogP contribution in [0.4, 0.5) is 0 Å². The van der Waals surface area contributed by atoms with Crippen LogP contribution in [0.1, 0.15) is 48.0 Å². The zero-order valence-electron chi connectivity index (χ0n) is 12.0. The van der Waals surface area contributed by atoms with Crippen LogP contribution in [0.5, 0.6) is 0 Å². The molecule has 0 saturated heterocycles. The van der Waals surface area contributed by atoms with Crippen molar-refractivity contribution in [1.82, 2.24) is 19.7 Å². The van der Waals surface area contributed by atoms with Gasteiger partial charge in [0.05, 0.1) is 0 Å². The van der Waals surface area contributed by atoms with E-state index in [1.165, 1.54) is 0 Å². The van der Waals surface area contributed by atoms with E-state index >= 15 is 0 Å². The Balaban J connectivity index is 1.56. The Kier molecular flexibility index (Phi) is 3.23. The summed E-state index contributed by atoms with van der Waals surface area (Å²) in [7, 11) is 0. The van der Waals surface area contributed by atoms with Gasteiger partial charge in [0.25, 0.3) is 0 Å². The lowest BCUT2D eigenvalue weighted by Crippen LogP contribution is -2.10. The third kappa shape index (κ3) is 2.53. The summed E-state index contributed by atoms with van der Waals surface area (Å²) >= 11 is 0. The normalized spacial score (nSPS) is 15.9. The molecule has 0 bridgehead atoms. The fourth-order valence-corrected chi connectivity index (χ4v) is 2.47. The summed E-state index contributed by atoms with van der Waals surface area (Å²) in [5.41, 5.74) is 0.805. The van der Waals surface area contributed by atoms with Crippen molar-refractivity contribution >= 4 is 0 Å². The molecule has 4 rings (SSSR count). The molecule has 2 aromatic heterocycles. The van der Waals surface area contributed by atoms with E-state index < -0.39 is 6.10 Å². The lowest BCUT2D eigenvalue weighted by molar-refractivity contribution is 0.204. The number of aliphatic hydroxyl groups is 1. The Morgan fingerprint density at radius 2 is 2.09 bits per heavy atom. The van der Waals surface area contributed by atoms with Crippen LogP contribution in [0.15, 0.2) is 47.2 Å². The summed E-state index contributed by atoms with van der Waals surface area (Å²) in [4.78, 5) is 8.68. The number of rotatable bonds is 5. The third-order valence-electron chi connectivity index (χ3n) is 3.84. The number of aliphatic hydroxyl groups excluding tert-OH is 1. The standard InChI is InChI=1S/C16H16N4O2/c21-14(11-4-2-1-3-5-11)16-17-8-9-20(16)10-13-18-15(19-22-13)12-6-7-12/h1-5,8-9,12,14,21H,6-7,10H2/t14-/m0/s1. The maximum atomic E-state index is 10.5. The molecule has 0 amide bonds. The zero-order chi connectivity index (χ0) is 14.9. The van der Waals surface area contributed by atoms with Gasteiger partial charge in [0.1, 0.15) is 18.5 Å². The molecule has 3 aromatic rings. The molecule has 0 radical (unpaired) electrons. The van der Waals surface area contributed by atoms with E-state index in [4.69, 9.17) is 4.52 Å². The molecular weight excluding hydrogens is 280 g/mol. The molecule has 1 fully saturated rings. The molecule has 1 aliphatic rings. The van der Waals surface area contributed by atoms with Gasteiger partial charge in [-0.3, -0.25) is 0 Å². The largest absolute Gasteiger partial charge is 0.380 e. The number of benzene rings is 1. The van der Waals surface area contributed by atoms with Crippen LogP contribution in [0, 0.1) is 0 Å². The van der Waals surface area contributed by atoms with Crippen LogP contribution in [-0.2, 0) is 6.54 Å². The van der Waals surface area contributed by atoms with E-state index in [1.807, 2.05) is 41.1 Å². The SMILES string of the molecule is O[C@@H](c1ccccc1)c1nccn1Cc1nc(C2CC2)no1. The molecule has 1 N–H and O–H groups in total. The van der Waals surface area contributed by atoms with Crippen molar-refractivity contribution in [1.29, 1.82) is 0 Å². The van der Waals surface area contributed by atoms with Gasteiger partial charge in [0.15, 0.2) is 5.82 Å². The van der Waals surface area contributed by atoms with E-state index in [-0.39, 0.29) is 0 Å². The van der Waals surface area contributed by atoms with E-state index in [9.17, 15) is 5.11 Å². The summed E-state index contributed by atoms with van der Waals surface area (Å²) in [5.74, 6) is 2.37. The second-order valence-corrected chi connectivity index (χ2v) is 5.55. The van der Waals surface area contributed by atoms with Crippen molar-refractivity contribution in [2.24, 2.45) is 0 Å². The van der Waals surface area contributed by atoms with Gasteiger partial charge < -0.3 is 14.2 Å². The highest BCUT2D eigenvalue weighted by molar-refractivity contribution is 5.23. The third-order valence-corrected chi connectivity index (χ3v) is 3.84. The first-order chi connectivity index (χ1) is 10.8. The molecule has 1 saturated carbocycles. The maximum Gasteiger partial charge on any atom is 0.246 e. The van der Waals surface area contributed by atoms with Crippen LogP contribution < -0.4 is 0 Å². The van der Waals surface area contributed by atoms with Gasteiger partial charge in [0, 0.05) is 18.3 Å². The van der Waals surface area contributed by atoms with E-state index in [1.54, 1.807) is 6.20 Å². The second-order valence-electron chi connectivity index (χ2n) is 5.55. The van der Waals surface area contributed by atoms with Crippen molar-refractivity contribution in [3.05, 3.63) is 65.8 Å². The molecule has 2 heterocycles. The second kappa shape index (κ2) is 5.38. The number of hydrogen-bond donors (Lipinski definition) is 1. The van der Waals surface area contributed by atoms with Crippen LogP contribution in [0.3, 0.4) is 0 Å². The first-order valence-electron chi connectivity index (χ1n) is 7.38. The van der Waals surface area contributed by atoms with E-state index in [0.29, 0.717) is 24.2 Å². The molecule has 1 aromatic carbocycles. The summed E-state index contributed by atoms with van der Waals surface area (Å²) in [6, 6.07) is 9.46. The van der Waals surface area contributed by atoms with Gasteiger partial charge in [-0.1, -0.05) is 35.5 Å². The molecule has 6 nitrogen and oxygen atoms in total. The van der Waals surface area contributed by atoms with E-state index in [2.05, 4.69) is 15.1 Å². The zero-order valence-corrected chi connectivity index (χ0v) is 12.0. The maximum absolute atomic E-state index is 10.5. The van der Waals surface area contributed by atoms with Gasteiger partial charge in [0.2, 0.25) is 5.89 Å². The molecule has 1 aliphatic carbocycles. The van der Waals surface area contributed by atoms with Crippen LogP contribution in [0.25, 0.3) is 0 Å². The highest BCUT2D eigenvalue weighted by Crippen LogP contribution is 2.38. The Morgan fingerprint density at radius 1 is 1.27 bits per heavy atom. The minimum Gasteiger partial charge on any atom is -0.380 e. The Hall–Kier alpha value is -2.47. The Morgan fingerprint density at radius 3 is 2.86 bits per heavy atom. The van der Waals surface area contributed by atoms with Crippen LogP contribution in [-0.4, -0.2) is 24.8 Å². The minimum atomic E-state index is -0.776. The van der Waals surface area contributed by atoms with E-state index in [0.717, 1.165) is 24.2 Å². The number of imidazole rings is 1. The first-order valence-corrected chi connectivity index (χ1v) is 7.38. The lowest BCUT2D eigenvalue weighted by atomic mass is 10.1. The predicted molar refractivity (Wildman–Crippen MR) is 78.1 cm³/mol. The number of hydrogen-bond acceptors (Lipinski definition) is 5. The van der Waals surface area contributed by atoms with Crippen molar-refractivity contribution in [2.75, 3.05) is 0 Å². The topological polar surface area (TPSA) is 77.0 Å². The van der Waals surface area contributed by atoms with Gasteiger partial charge in [-0.05, 0) is 18.4 Å². The molecule has 0 aliphatic heterocycles. The lowest BCUT2D eigenvalue weighted by Gasteiger charge is -2.12. The van der Waals surface area contributed by atoms with Crippen molar-refractivity contribution < 1.29 is 9.63 Å². The molecule has 0 spiro atoms. The fraction of sp³-hybridized carbons (Fsp3) is 0.312. The van der Waals surface area contributed by atoms with Crippen molar-refractivity contribution in [2.45, 2.75) is 31.4 Å². The summed E-state index contributed by atoms with van der Waals surface area (Å²) in [6.07, 6.45) is 4.98. The Labute approximate surface area is 127 Å². The Bertz CT molecular complexity index is 761. The van der Waals surface area contributed by atoms with Crippen molar-refractivity contribution in [3.63, 3.8) is 0 Å². The van der Waals surface area contributed by atoms with Gasteiger partial charge >= 0.3 is 0 Å². The van der Waals surface area contributed by atoms with Gasteiger partial charge in [-0.2, -0.15) is 4.98 Å². The summed E-state index contributed by atoms with van der Waals surface area (Å²) in [5, 5.41) is 14.5. The molecule has 1 atom stereocenters. The minimum absolute atomic E-state index is 0.416. The monoisotopic (exact) mass is 296 g/mol. The number of nitrogens with zero attached hydrogens (tertiary/aromatic N) is 4. The smallest absolute Gasteiger partial charge is 0.246 e. The molecule has 22 heavy (non-hydrogen) atoms. The molecule has 6 heteroatoms. The summed E-state index contributed by atoms with van der Waals surface area (Å²) in [6.45, 7) is 0.416. The van der Waals surface area contributed by atoms with Gasteiger partial charge in [-0.25, -0.2) is 4.98 Å². The predicted octanol–water partition coefficient (Wildman–Crippen LogP) is 2.27. The van der Waals surface area contributed by atoms with Crippen LogP contribution >= 0.6 is 0 Å². The quantitative estimate of drug-likeness (QED) is 0.781. The highest BCUT2D eigenvalue weighted by Gasteiger charge is 2.29. The molecule has 0 unspecified atom stereocenters. The average Bonchev–Trinajstić information content (AvgIpc) is 3.13. The van der Waals surface area contributed by atoms with Gasteiger partial charge in [-0.15, -0.1) is 0 Å². The first kappa shape index (κ1) is 13.2.